The molecule has 1 saturated carbocycles. The molecule has 0 spiro atoms. The fraction of sp³-hybridized carbons (Fsp3) is 0.200. The minimum Gasteiger partial charge on any atom is -0.477 e. The van der Waals surface area contributed by atoms with Gasteiger partial charge >= 0.3 is 0 Å². The van der Waals surface area contributed by atoms with Gasteiger partial charge in [-0.05, 0) is 43.2 Å². The Morgan fingerprint density at radius 3 is 2.70 bits per heavy atom. The zero-order chi connectivity index (χ0) is 20.5. The molecule has 5 rings (SSSR count). The molecular formula is C25H20N4O. The zero-order valence-electron chi connectivity index (χ0n) is 16.6. The number of aryl methyl sites for hydroxylation is 1. The number of rotatable bonds is 5. The first-order valence-electron chi connectivity index (χ1n) is 10.0. The van der Waals surface area contributed by atoms with Crippen molar-refractivity contribution in [1.29, 1.82) is 5.26 Å². The highest BCUT2D eigenvalue weighted by molar-refractivity contribution is 5.78. The minimum atomic E-state index is 0.427. The summed E-state index contributed by atoms with van der Waals surface area (Å²) in [5, 5.41) is 10.2. The van der Waals surface area contributed by atoms with E-state index in [4.69, 9.17) is 15.0 Å². The molecule has 2 heterocycles. The van der Waals surface area contributed by atoms with Gasteiger partial charge in [-0.1, -0.05) is 36.4 Å². The van der Waals surface area contributed by atoms with Gasteiger partial charge in [0.1, 0.15) is 5.82 Å². The molecule has 0 bridgehead atoms. The monoisotopic (exact) mass is 392 g/mol. The molecular weight excluding hydrogens is 372 g/mol. The summed E-state index contributed by atoms with van der Waals surface area (Å²) in [7, 11) is 0. The Morgan fingerprint density at radius 2 is 1.87 bits per heavy atom. The van der Waals surface area contributed by atoms with Crippen LogP contribution in [0.5, 0.6) is 5.88 Å². The normalized spacial score (nSPS) is 17.5. The van der Waals surface area contributed by atoms with Gasteiger partial charge in [0.05, 0.1) is 29.3 Å². The van der Waals surface area contributed by atoms with Gasteiger partial charge in [0.25, 0.3) is 0 Å². The van der Waals surface area contributed by atoms with Crippen LogP contribution in [0.4, 0.5) is 0 Å². The summed E-state index contributed by atoms with van der Waals surface area (Å²) in [4.78, 5) is 13.7. The third-order valence-electron chi connectivity index (χ3n) is 5.56. The van der Waals surface area contributed by atoms with Crippen LogP contribution < -0.4 is 4.74 Å². The first kappa shape index (κ1) is 18.3. The minimum absolute atomic E-state index is 0.427. The molecule has 2 aromatic carbocycles. The molecule has 4 aromatic rings. The number of hydrogen-bond acceptors (Lipinski definition) is 5. The lowest BCUT2D eigenvalue weighted by molar-refractivity contribution is 0.285. The maximum absolute atomic E-state index is 9.02. The third kappa shape index (κ3) is 3.60. The molecule has 1 aliphatic rings. The molecule has 0 aliphatic heterocycles. The van der Waals surface area contributed by atoms with Crippen LogP contribution in [-0.4, -0.2) is 21.6 Å². The van der Waals surface area contributed by atoms with E-state index in [0.29, 0.717) is 35.7 Å². The molecule has 2 atom stereocenters. The van der Waals surface area contributed by atoms with Crippen LogP contribution in [0.1, 0.15) is 29.4 Å². The Morgan fingerprint density at radius 1 is 1.03 bits per heavy atom. The number of nitriles is 1. The predicted molar refractivity (Wildman–Crippen MR) is 115 cm³/mol. The van der Waals surface area contributed by atoms with Crippen molar-refractivity contribution in [3.63, 3.8) is 0 Å². The molecule has 5 heteroatoms. The molecule has 2 aromatic heterocycles. The van der Waals surface area contributed by atoms with E-state index in [-0.39, 0.29) is 0 Å². The third-order valence-corrected chi connectivity index (χ3v) is 5.56. The number of benzene rings is 2. The van der Waals surface area contributed by atoms with Crippen LogP contribution in [-0.2, 0) is 0 Å². The summed E-state index contributed by atoms with van der Waals surface area (Å²) >= 11 is 0. The van der Waals surface area contributed by atoms with Gasteiger partial charge in [-0.2, -0.15) is 10.2 Å². The lowest BCUT2D eigenvalue weighted by Gasteiger charge is -2.11. The van der Waals surface area contributed by atoms with Crippen LogP contribution in [0.25, 0.3) is 22.0 Å². The molecule has 2 unspecified atom stereocenters. The molecule has 0 amide bonds. The lowest BCUT2D eigenvalue weighted by Crippen LogP contribution is -2.05. The number of hydrogen-bond donors (Lipinski definition) is 0. The van der Waals surface area contributed by atoms with Crippen molar-refractivity contribution in [2.75, 3.05) is 6.61 Å². The van der Waals surface area contributed by atoms with Gasteiger partial charge in [0.15, 0.2) is 0 Å². The molecule has 1 fully saturated rings. The Balaban J connectivity index is 1.32. The summed E-state index contributed by atoms with van der Waals surface area (Å²) in [6.07, 6.45) is 2.86. The Kier molecular flexibility index (Phi) is 4.61. The Labute approximate surface area is 175 Å². The topological polar surface area (TPSA) is 71.7 Å². The largest absolute Gasteiger partial charge is 0.477 e. The van der Waals surface area contributed by atoms with Crippen molar-refractivity contribution in [2.45, 2.75) is 19.3 Å². The van der Waals surface area contributed by atoms with Crippen LogP contribution >= 0.6 is 0 Å². The van der Waals surface area contributed by atoms with Crippen molar-refractivity contribution in [3.05, 3.63) is 83.9 Å². The van der Waals surface area contributed by atoms with Crippen LogP contribution in [0.15, 0.2) is 66.9 Å². The van der Waals surface area contributed by atoms with Gasteiger partial charge < -0.3 is 4.74 Å². The average molecular weight is 392 g/mol. The first-order valence-corrected chi connectivity index (χ1v) is 10.0. The summed E-state index contributed by atoms with van der Waals surface area (Å²) in [6.45, 7) is 2.45. The fourth-order valence-electron chi connectivity index (χ4n) is 3.75. The van der Waals surface area contributed by atoms with E-state index >= 15 is 0 Å². The molecule has 5 nitrogen and oxygen atoms in total. The van der Waals surface area contributed by atoms with Crippen molar-refractivity contribution < 1.29 is 4.74 Å². The average Bonchev–Trinajstić information content (AvgIpc) is 3.57. The standard InChI is InChI=1S/C25H20N4O/c1-16-27-14-22(18-8-6-17(13-26)7-9-18)25(28-16)30-15-20-12-21(20)24-11-10-19-4-2-3-5-23(19)29-24/h2-11,14,20-21H,12,15H2,1H3. The Bertz CT molecular complexity index is 1260. The molecule has 0 saturated heterocycles. The van der Waals surface area contributed by atoms with Gasteiger partial charge in [0.2, 0.25) is 5.88 Å². The predicted octanol–water partition coefficient (Wildman–Crippen LogP) is 5.05. The van der Waals surface area contributed by atoms with Crippen molar-refractivity contribution in [3.8, 4) is 23.1 Å². The number of pyridine rings is 1. The van der Waals surface area contributed by atoms with Crippen LogP contribution in [0, 0.1) is 24.2 Å². The van der Waals surface area contributed by atoms with E-state index in [1.165, 1.54) is 5.39 Å². The van der Waals surface area contributed by atoms with Gasteiger partial charge in [-0.15, -0.1) is 0 Å². The maximum atomic E-state index is 9.02. The van der Waals surface area contributed by atoms with Crippen LogP contribution in [0.3, 0.4) is 0 Å². The number of para-hydroxylation sites is 1. The van der Waals surface area contributed by atoms with Gasteiger partial charge in [-0.3, -0.25) is 4.98 Å². The molecule has 0 N–H and O–H groups in total. The summed E-state index contributed by atoms with van der Waals surface area (Å²) in [5.74, 6) is 2.12. The second-order valence-electron chi connectivity index (χ2n) is 7.67. The lowest BCUT2D eigenvalue weighted by atomic mass is 10.1. The summed E-state index contributed by atoms with van der Waals surface area (Å²) in [6, 6.07) is 22.0. The maximum Gasteiger partial charge on any atom is 0.224 e. The second-order valence-corrected chi connectivity index (χ2v) is 7.67. The van der Waals surface area contributed by atoms with Gasteiger partial charge in [-0.25, -0.2) is 4.98 Å². The Hall–Kier alpha value is -3.78. The highest BCUT2D eigenvalue weighted by atomic mass is 16.5. The smallest absolute Gasteiger partial charge is 0.224 e. The highest BCUT2D eigenvalue weighted by Crippen LogP contribution is 2.47. The number of nitrogens with zero attached hydrogens (tertiary/aromatic N) is 4. The highest BCUT2D eigenvalue weighted by Gasteiger charge is 2.40. The molecule has 146 valence electrons. The van der Waals surface area contributed by atoms with Crippen molar-refractivity contribution >= 4 is 10.9 Å². The SMILES string of the molecule is Cc1ncc(-c2ccc(C#N)cc2)c(OCC2CC2c2ccc3ccccc3n2)n1. The fourth-order valence-corrected chi connectivity index (χ4v) is 3.75. The zero-order valence-corrected chi connectivity index (χ0v) is 16.6. The number of ether oxygens (including phenoxy) is 1. The van der Waals surface area contributed by atoms with E-state index in [2.05, 4.69) is 40.3 Å². The molecule has 0 radical (unpaired) electrons. The van der Waals surface area contributed by atoms with Gasteiger partial charge in [0, 0.05) is 29.1 Å². The second kappa shape index (κ2) is 7.57. The van der Waals surface area contributed by atoms with E-state index in [0.717, 1.165) is 28.8 Å². The van der Waals surface area contributed by atoms with E-state index in [1.807, 2.05) is 31.2 Å². The van der Waals surface area contributed by atoms with E-state index in [1.54, 1.807) is 18.3 Å². The summed E-state index contributed by atoms with van der Waals surface area (Å²) < 4.78 is 6.15. The van der Waals surface area contributed by atoms with Crippen molar-refractivity contribution in [2.24, 2.45) is 5.92 Å². The molecule has 30 heavy (non-hydrogen) atoms. The van der Waals surface area contributed by atoms with E-state index in [9.17, 15) is 0 Å². The number of fused-ring (bicyclic) bond motifs is 1. The first-order chi connectivity index (χ1) is 14.7. The number of aromatic nitrogens is 3. The summed E-state index contributed by atoms with van der Waals surface area (Å²) in [5.41, 5.74) is 4.57. The van der Waals surface area contributed by atoms with E-state index < -0.39 is 0 Å². The quantitative estimate of drug-likeness (QED) is 0.475. The van der Waals surface area contributed by atoms with Crippen LogP contribution in [0.2, 0.25) is 0 Å². The molecule has 1 aliphatic carbocycles. The van der Waals surface area contributed by atoms with Crippen molar-refractivity contribution in [1.82, 2.24) is 15.0 Å².